The first-order valence-electron chi connectivity index (χ1n) is 13.9. The third-order valence-electron chi connectivity index (χ3n) is 5.79. The molecular formula is C31H41ClF6N2O4. The van der Waals surface area contributed by atoms with Gasteiger partial charge in [0.25, 0.3) is 0 Å². The van der Waals surface area contributed by atoms with Crippen molar-refractivity contribution in [3.8, 4) is 0 Å². The van der Waals surface area contributed by atoms with E-state index in [0.29, 0.717) is 5.71 Å². The van der Waals surface area contributed by atoms with E-state index in [1.165, 1.54) is 0 Å². The van der Waals surface area contributed by atoms with Crippen molar-refractivity contribution >= 4 is 30.1 Å². The predicted molar refractivity (Wildman–Crippen MR) is 160 cm³/mol. The van der Waals surface area contributed by atoms with E-state index in [0.717, 1.165) is 11.1 Å². The van der Waals surface area contributed by atoms with Crippen LogP contribution in [0.3, 0.4) is 0 Å². The van der Waals surface area contributed by atoms with Crippen molar-refractivity contribution in [1.82, 2.24) is 0 Å². The summed E-state index contributed by atoms with van der Waals surface area (Å²) in [6.45, 7) is 5.26. The highest BCUT2D eigenvalue weighted by Crippen LogP contribution is 2.25. The molecule has 0 spiro atoms. The number of hydrogen-bond acceptors (Lipinski definition) is 5. The molecule has 44 heavy (non-hydrogen) atoms. The number of carbonyl (C=O) groups is 2. The first kappa shape index (κ1) is 40.9. The first-order valence-corrected chi connectivity index (χ1v) is 13.9. The normalized spacial score (nSPS) is 13.0. The Morgan fingerprint density at radius 1 is 0.773 bits per heavy atom. The lowest BCUT2D eigenvalue weighted by atomic mass is 10.0. The van der Waals surface area contributed by atoms with Crippen molar-refractivity contribution in [3.05, 3.63) is 71.8 Å². The van der Waals surface area contributed by atoms with Gasteiger partial charge in [-0.05, 0) is 46.5 Å². The Hall–Kier alpha value is -3.12. The highest BCUT2D eigenvalue weighted by Gasteiger charge is 2.29. The molecule has 0 saturated carbocycles. The standard InChI is InChI=1S/C24H28F3NO2.C7H12F3NO2.ClH/c1-23(2,3)30-22(29)20(16-10-11-17-24(25,26)27)28-21(18-12-6-4-7-13-18)19-14-8-5-9-15-19;8-7(9,10)4-2-1-3-5(11)6(12)13;/h4-9,12-15,20H,10-11,16-17H2,1-3H3;5H,1-4,11H2,(H,12,13);1H/t20-;5-;/m00./s1. The third kappa shape index (κ3) is 19.2. The van der Waals surface area contributed by atoms with Gasteiger partial charge in [-0.15, -0.1) is 12.4 Å². The maximum atomic E-state index is 12.8. The van der Waals surface area contributed by atoms with Crippen molar-refractivity contribution in [2.75, 3.05) is 0 Å². The summed E-state index contributed by atoms with van der Waals surface area (Å²) in [6, 6.07) is 16.9. The highest BCUT2D eigenvalue weighted by molar-refractivity contribution is 6.13. The molecule has 0 heterocycles. The zero-order valence-corrected chi connectivity index (χ0v) is 25.8. The Labute approximate surface area is 260 Å². The average molecular weight is 655 g/mol. The van der Waals surface area contributed by atoms with Crippen molar-refractivity contribution in [2.45, 2.75) is 102 Å². The molecule has 2 aromatic carbocycles. The highest BCUT2D eigenvalue weighted by atomic mass is 35.5. The van der Waals surface area contributed by atoms with Gasteiger partial charge in [-0.1, -0.05) is 73.5 Å². The van der Waals surface area contributed by atoms with Crippen molar-refractivity contribution in [1.29, 1.82) is 0 Å². The molecule has 0 radical (unpaired) electrons. The van der Waals surface area contributed by atoms with E-state index in [-0.39, 0.29) is 50.9 Å². The van der Waals surface area contributed by atoms with Crippen LogP contribution in [0.25, 0.3) is 0 Å². The second kappa shape index (κ2) is 19.3. The van der Waals surface area contributed by atoms with E-state index in [4.69, 9.17) is 20.6 Å². The molecule has 2 rings (SSSR count). The van der Waals surface area contributed by atoms with Crippen LogP contribution in [0.15, 0.2) is 65.7 Å². The topological polar surface area (TPSA) is 102 Å². The number of nitrogens with two attached hydrogens (primary N) is 1. The SMILES string of the molecule is CC(C)(C)OC(=O)[C@H](CCCCC(F)(F)F)N=C(c1ccccc1)c1ccccc1.Cl.N[C@@H](CCCCC(F)(F)F)C(=O)O. The van der Waals surface area contributed by atoms with Crippen molar-refractivity contribution in [2.24, 2.45) is 10.7 Å². The van der Waals surface area contributed by atoms with Gasteiger partial charge in [0.15, 0.2) is 0 Å². The Morgan fingerprint density at radius 3 is 1.55 bits per heavy atom. The zero-order valence-electron chi connectivity index (χ0n) is 25.0. The van der Waals surface area contributed by atoms with Gasteiger partial charge in [-0.3, -0.25) is 9.79 Å². The number of carboxylic acids is 1. The number of carbonyl (C=O) groups excluding carboxylic acids is 1. The fourth-order valence-electron chi connectivity index (χ4n) is 3.74. The largest absolute Gasteiger partial charge is 0.480 e. The number of aliphatic imine (C=N–C) groups is 1. The fraction of sp³-hybridized carbons (Fsp3) is 0.516. The maximum Gasteiger partial charge on any atom is 0.389 e. The molecule has 0 bridgehead atoms. The van der Waals surface area contributed by atoms with E-state index in [2.05, 4.69) is 0 Å². The molecule has 0 aliphatic carbocycles. The summed E-state index contributed by atoms with van der Waals surface area (Å²) in [6.07, 6.45) is -9.54. The van der Waals surface area contributed by atoms with Crippen molar-refractivity contribution < 1.29 is 45.8 Å². The van der Waals surface area contributed by atoms with Crippen LogP contribution in [0.1, 0.15) is 83.3 Å². The molecule has 0 amide bonds. The number of carboxylic acid groups (broad SMARTS) is 1. The van der Waals surface area contributed by atoms with Crippen molar-refractivity contribution in [3.63, 3.8) is 0 Å². The second-order valence-corrected chi connectivity index (χ2v) is 10.9. The number of hydrogen-bond donors (Lipinski definition) is 2. The van der Waals surface area contributed by atoms with Crippen LogP contribution in [0.2, 0.25) is 0 Å². The number of rotatable bonds is 13. The number of alkyl halides is 6. The predicted octanol–water partition coefficient (Wildman–Crippen LogP) is 8.30. The summed E-state index contributed by atoms with van der Waals surface area (Å²) in [5, 5.41) is 8.29. The number of nitrogens with zero attached hydrogens (tertiary/aromatic N) is 1. The third-order valence-corrected chi connectivity index (χ3v) is 5.79. The molecule has 0 fully saturated rings. The average Bonchev–Trinajstić information content (AvgIpc) is 2.89. The van der Waals surface area contributed by atoms with Crippen LogP contribution in [0, 0.1) is 0 Å². The van der Waals surface area contributed by atoms with E-state index in [9.17, 15) is 35.9 Å². The molecule has 0 aliphatic rings. The number of halogens is 7. The first-order chi connectivity index (χ1) is 19.9. The summed E-state index contributed by atoms with van der Waals surface area (Å²) in [7, 11) is 0. The van der Waals surface area contributed by atoms with Gasteiger partial charge in [-0.25, -0.2) is 4.79 Å². The van der Waals surface area contributed by atoms with Gasteiger partial charge < -0.3 is 15.6 Å². The van der Waals surface area contributed by atoms with E-state index in [1.54, 1.807) is 20.8 Å². The molecule has 2 atom stereocenters. The van der Waals surface area contributed by atoms with Crippen LogP contribution in [0.5, 0.6) is 0 Å². The Bertz CT molecular complexity index is 1100. The minimum atomic E-state index is -4.20. The monoisotopic (exact) mass is 654 g/mol. The number of aliphatic carboxylic acids is 1. The van der Waals surface area contributed by atoms with Crippen LogP contribution >= 0.6 is 12.4 Å². The van der Waals surface area contributed by atoms with Gasteiger partial charge >= 0.3 is 24.3 Å². The quantitative estimate of drug-likeness (QED) is 0.0979. The Kier molecular flexibility index (Phi) is 17.9. The lowest BCUT2D eigenvalue weighted by Crippen LogP contribution is -2.32. The molecule has 13 heteroatoms. The number of esters is 1. The van der Waals surface area contributed by atoms with E-state index >= 15 is 0 Å². The molecule has 2 aromatic rings. The fourth-order valence-corrected chi connectivity index (χ4v) is 3.74. The van der Waals surface area contributed by atoms with E-state index in [1.807, 2.05) is 60.7 Å². The number of benzene rings is 2. The summed E-state index contributed by atoms with van der Waals surface area (Å²) in [5.41, 5.74) is 6.64. The Balaban J connectivity index is 0.00000112. The van der Waals surface area contributed by atoms with Crippen LogP contribution in [-0.4, -0.2) is 52.8 Å². The van der Waals surface area contributed by atoms with Crippen LogP contribution in [-0.2, 0) is 14.3 Å². The zero-order chi connectivity index (χ0) is 32.7. The molecule has 3 N–H and O–H groups in total. The van der Waals surface area contributed by atoms with Gasteiger partial charge in [0.1, 0.15) is 17.7 Å². The maximum absolute atomic E-state index is 12.8. The molecule has 6 nitrogen and oxygen atoms in total. The second-order valence-electron chi connectivity index (χ2n) is 10.9. The lowest BCUT2D eigenvalue weighted by Gasteiger charge is -2.23. The van der Waals surface area contributed by atoms with Gasteiger partial charge in [0.2, 0.25) is 0 Å². The van der Waals surface area contributed by atoms with E-state index < -0.39 is 54.8 Å². The summed E-state index contributed by atoms with van der Waals surface area (Å²) in [5.74, 6) is -1.70. The minimum absolute atomic E-state index is 0. The van der Waals surface area contributed by atoms with Gasteiger partial charge in [0.05, 0.1) is 5.71 Å². The molecular weight excluding hydrogens is 614 g/mol. The molecule has 0 saturated heterocycles. The van der Waals surface area contributed by atoms with Crippen LogP contribution < -0.4 is 5.73 Å². The summed E-state index contributed by atoms with van der Waals surface area (Å²) < 4.78 is 77.8. The smallest absolute Gasteiger partial charge is 0.389 e. The summed E-state index contributed by atoms with van der Waals surface area (Å²) >= 11 is 0. The number of unbranched alkanes of at least 4 members (excludes halogenated alkanes) is 2. The lowest BCUT2D eigenvalue weighted by molar-refractivity contribution is -0.156. The molecule has 0 aliphatic heterocycles. The number of ether oxygens (including phenoxy) is 1. The van der Waals surface area contributed by atoms with Gasteiger partial charge in [0, 0.05) is 24.0 Å². The molecule has 0 unspecified atom stereocenters. The molecule has 0 aromatic heterocycles. The van der Waals surface area contributed by atoms with Crippen LogP contribution in [0.4, 0.5) is 26.3 Å². The Morgan fingerprint density at radius 2 is 1.18 bits per heavy atom. The summed E-state index contributed by atoms with van der Waals surface area (Å²) in [4.78, 5) is 27.6. The molecule has 248 valence electrons. The van der Waals surface area contributed by atoms with Gasteiger partial charge in [-0.2, -0.15) is 26.3 Å². The minimum Gasteiger partial charge on any atom is -0.480 e.